The van der Waals surface area contributed by atoms with Gasteiger partial charge >= 0.3 is 0 Å². The molecule has 2 nitrogen and oxygen atoms in total. The van der Waals surface area contributed by atoms with Gasteiger partial charge in [0.1, 0.15) is 0 Å². The number of nitrogens with one attached hydrogen (secondary N) is 1. The minimum Gasteiger partial charge on any atom is -0.321 e. The van der Waals surface area contributed by atoms with Gasteiger partial charge in [0, 0.05) is 26.2 Å². The van der Waals surface area contributed by atoms with Crippen LogP contribution in [0.2, 0.25) is 10.0 Å². The van der Waals surface area contributed by atoms with Crippen molar-refractivity contribution in [2.24, 2.45) is 0 Å². The average molecular weight is 385 g/mol. The molecule has 0 saturated carbocycles. The van der Waals surface area contributed by atoms with E-state index in [0.717, 1.165) is 10.0 Å². The number of halogens is 3. The largest absolute Gasteiger partial charge is 0.321 e. The lowest BCUT2D eigenvalue weighted by molar-refractivity contribution is -0.111. The Morgan fingerprint density at radius 1 is 1.19 bits per heavy atom. The topological polar surface area (TPSA) is 29.1 Å². The van der Waals surface area contributed by atoms with E-state index in [-0.39, 0.29) is 5.91 Å². The molecule has 0 aliphatic carbocycles. The lowest BCUT2D eigenvalue weighted by Gasteiger charge is -2.06. The van der Waals surface area contributed by atoms with Gasteiger partial charge in [-0.15, -0.1) is 0 Å². The lowest BCUT2D eigenvalue weighted by atomic mass is 10.2. The van der Waals surface area contributed by atoms with Gasteiger partial charge in [-0.2, -0.15) is 0 Å². The Kier molecular flexibility index (Phi) is 5.45. The second kappa shape index (κ2) is 7.12. The number of rotatable bonds is 3. The molecule has 108 valence electrons. The third kappa shape index (κ3) is 4.34. The molecule has 0 fully saturated rings. The van der Waals surface area contributed by atoms with E-state index in [4.69, 9.17) is 23.2 Å². The summed E-state index contributed by atoms with van der Waals surface area (Å²) in [5.74, 6) is -0.254. The van der Waals surface area contributed by atoms with Crippen LogP contribution in [0.4, 0.5) is 5.69 Å². The highest BCUT2D eigenvalue weighted by atomic mass is 79.9. The van der Waals surface area contributed by atoms with Crippen LogP contribution in [0.1, 0.15) is 11.1 Å². The Bertz CT molecular complexity index is 693. The van der Waals surface area contributed by atoms with Gasteiger partial charge in [-0.3, -0.25) is 4.79 Å². The summed E-state index contributed by atoms with van der Waals surface area (Å²) in [6.45, 7) is 1.98. The summed E-state index contributed by atoms with van der Waals surface area (Å²) in [6.07, 6.45) is 3.00. The van der Waals surface area contributed by atoms with E-state index >= 15 is 0 Å². The summed E-state index contributed by atoms with van der Waals surface area (Å²) in [5, 5.41) is 3.79. The molecule has 0 aliphatic rings. The Hall–Kier alpha value is -1.29. The molecule has 0 aromatic heterocycles. The van der Waals surface area contributed by atoms with Crippen molar-refractivity contribution in [1.82, 2.24) is 0 Å². The summed E-state index contributed by atoms with van der Waals surface area (Å²) in [4.78, 5) is 11.9. The number of hydrogen-bond donors (Lipinski definition) is 1. The summed E-state index contributed by atoms with van der Waals surface area (Å²) >= 11 is 15.5. The van der Waals surface area contributed by atoms with Crippen LogP contribution in [-0.2, 0) is 4.79 Å². The molecule has 0 unspecified atom stereocenters. The second-order valence-electron chi connectivity index (χ2n) is 4.44. The van der Waals surface area contributed by atoms with Crippen molar-refractivity contribution in [2.75, 3.05) is 5.32 Å². The minimum absolute atomic E-state index is 0.254. The Morgan fingerprint density at radius 3 is 2.48 bits per heavy atom. The zero-order valence-electron chi connectivity index (χ0n) is 11.2. The van der Waals surface area contributed by atoms with E-state index < -0.39 is 0 Å². The highest BCUT2D eigenvalue weighted by Gasteiger charge is 2.05. The van der Waals surface area contributed by atoms with Crippen molar-refractivity contribution in [3.63, 3.8) is 0 Å². The van der Waals surface area contributed by atoms with Gasteiger partial charge in [0.15, 0.2) is 0 Å². The van der Waals surface area contributed by atoms with Crippen LogP contribution in [0, 0.1) is 6.92 Å². The summed E-state index contributed by atoms with van der Waals surface area (Å²) in [6, 6.07) is 10.9. The quantitative estimate of drug-likeness (QED) is 0.674. The monoisotopic (exact) mass is 383 g/mol. The van der Waals surface area contributed by atoms with Gasteiger partial charge in [-0.1, -0.05) is 35.3 Å². The zero-order valence-corrected chi connectivity index (χ0v) is 14.3. The number of benzene rings is 2. The van der Waals surface area contributed by atoms with Gasteiger partial charge in [-0.05, 0) is 58.8 Å². The molecule has 1 N–H and O–H groups in total. The molecule has 0 aliphatic heterocycles. The Labute approximate surface area is 141 Å². The van der Waals surface area contributed by atoms with Crippen molar-refractivity contribution in [2.45, 2.75) is 6.92 Å². The lowest BCUT2D eigenvalue weighted by Crippen LogP contribution is -2.08. The Morgan fingerprint density at radius 2 is 1.86 bits per heavy atom. The molecule has 2 aromatic carbocycles. The molecule has 0 radical (unpaired) electrons. The number of carbonyl (C=O) groups excluding carboxylic acids is 1. The van der Waals surface area contributed by atoms with Crippen molar-refractivity contribution in [3.05, 3.63) is 68.1 Å². The zero-order chi connectivity index (χ0) is 15.4. The molecule has 0 saturated heterocycles. The van der Waals surface area contributed by atoms with E-state index in [9.17, 15) is 4.79 Å². The van der Waals surface area contributed by atoms with Crippen LogP contribution in [0.15, 0.2) is 46.9 Å². The number of hydrogen-bond acceptors (Lipinski definition) is 1. The molecule has 0 atom stereocenters. The van der Waals surface area contributed by atoms with Gasteiger partial charge in [-0.25, -0.2) is 0 Å². The number of amides is 1. The van der Waals surface area contributed by atoms with E-state index in [1.165, 1.54) is 6.08 Å². The van der Waals surface area contributed by atoms with Crippen LogP contribution < -0.4 is 5.32 Å². The van der Waals surface area contributed by atoms with Crippen molar-refractivity contribution in [1.29, 1.82) is 0 Å². The first kappa shape index (κ1) is 16.1. The van der Waals surface area contributed by atoms with Crippen LogP contribution in [0.5, 0.6) is 0 Å². The van der Waals surface area contributed by atoms with Crippen LogP contribution in [0.25, 0.3) is 6.08 Å². The third-order valence-electron chi connectivity index (χ3n) is 2.78. The smallest absolute Gasteiger partial charge is 0.248 e. The number of aryl methyl sites for hydroxylation is 1. The van der Waals surface area contributed by atoms with Crippen LogP contribution in [0.3, 0.4) is 0 Å². The highest BCUT2D eigenvalue weighted by molar-refractivity contribution is 9.10. The highest BCUT2D eigenvalue weighted by Crippen LogP contribution is 2.26. The van der Waals surface area contributed by atoms with Crippen molar-refractivity contribution in [3.8, 4) is 0 Å². The number of anilines is 1. The molecular formula is C16H12BrCl2NO. The van der Waals surface area contributed by atoms with Gasteiger partial charge in [0.2, 0.25) is 5.91 Å². The summed E-state index contributed by atoms with van der Waals surface area (Å²) in [5.41, 5.74) is 2.44. The second-order valence-corrected chi connectivity index (χ2v) is 6.11. The van der Waals surface area contributed by atoms with Gasteiger partial charge in [0.25, 0.3) is 0 Å². The molecular weight excluding hydrogens is 373 g/mol. The van der Waals surface area contributed by atoms with Crippen LogP contribution in [-0.4, -0.2) is 5.91 Å². The fourth-order valence-electron chi connectivity index (χ4n) is 1.72. The minimum atomic E-state index is -0.254. The molecule has 5 heteroatoms. The molecule has 2 rings (SSSR count). The summed E-state index contributed by atoms with van der Waals surface area (Å²) in [7, 11) is 0. The van der Waals surface area contributed by atoms with Gasteiger partial charge < -0.3 is 5.32 Å². The van der Waals surface area contributed by atoms with E-state index in [2.05, 4.69) is 21.2 Å². The van der Waals surface area contributed by atoms with E-state index in [1.807, 2.05) is 25.1 Å². The maximum atomic E-state index is 11.9. The standard InChI is InChI=1S/C16H12BrCl2NO/c1-10-5-7-15(12(17)9-10)20-16(21)8-6-11-13(18)3-2-4-14(11)19/h2-9H,1H3,(H,20,21)/b8-6+. The maximum Gasteiger partial charge on any atom is 0.248 e. The predicted octanol–water partition coefficient (Wildman–Crippen LogP) is 5.72. The van der Waals surface area contributed by atoms with Crippen LogP contribution >= 0.6 is 39.1 Å². The fraction of sp³-hybridized carbons (Fsp3) is 0.0625. The van der Waals surface area contributed by atoms with E-state index in [0.29, 0.717) is 21.3 Å². The SMILES string of the molecule is Cc1ccc(NC(=O)/C=C/c2c(Cl)cccc2Cl)c(Br)c1. The maximum absolute atomic E-state index is 11.9. The van der Waals surface area contributed by atoms with Crippen molar-refractivity contribution < 1.29 is 4.79 Å². The molecule has 21 heavy (non-hydrogen) atoms. The molecule has 2 aromatic rings. The third-order valence-corrected chi connectivity index (χ3v) is 4.10. The first-order valence-corrected chi connectivity index (χ1v) is 7.71. The fourth-order valence-corrected chi connectivity index (χ4v) is 2.84. The Balaban J connectivity index is 2.13. The molecule has 0 heterocycles. The van der Waals surface area contributed by atoms with E-state index in [1.54, 1.807) is 24.3 Å². The van der Waals surface area contributed by atoms with Crippen molar-refractivity contribution >= 4 is 56.8 Å². The number of carbonyl (C=O) groups is 1. The first-order chi connectivity index (χ1) is 9.97. The summed E-state index contributed by atoms with van der Waals surface area (Å²) < 4.78 is 0.833. The predicted molar refractivity (Wildman–Crippen MR) is 93.0 cm³/mol. The van der Waals surface area contributed by atoms with Gasteiger partial charge in [0.05, 0.1) is 5.69 Å². The molecule has 0 bridgehead atoms. The molecule has 0 spiro atoms. The normalized spacial score (nSPS) is 10.9. The molecule has 1 amide bonds. The first-order valence-electron chi connectivity index (χ1n) is 6.16. The average Bonchev–Trinajstić information content (AvgIpc) is 2.41.